The number of benzene rings is 4. The molecule has 2 heterocycles. The Morgan fingerprint density at radius 3 is 0.875 bits per heavy atom. The molecule has 4 aromatic carbocycles. The monoisotopic (exact) mass is 424 g/mol. The standard InChI is InChI=1S/C26H16O6/c27-17-9-1-5-13-21(14-6-2-10-18(28)24(14)31-23(13)17)22-15-7-3-11-19(29)25(15)32-26-16(22)8-4-12-20(26)30/h1-12,27-30H. The summed E-state index contributed by atoms with van der Waals surface area (Å²) >= 11 is 0. The molecule has 2 aliphatic heterocycles. The lowest BCUT2D eigenvalue weighted by Gasteiger charge is -2.30. The molecule has 6 heteroatoms. The SMILES string of the molecule is Oc1cccc2c1Oc1c(O)cccc1C2=C1c2cccc(O)c2Oc2c(O)cccc21. The van der Waals surface area contributed by atoms with Crippen molar-refractivity contribution in [3.05, 3.63) is 95.1 Å². The zero-order chi connectivity index (χ0) is 22.0. The van der Waals surface area contributed by atoms with Gasteiger partial charge in [0.2, 0.25) is 0 Å². The number of rotatable bonds is 0. The number of phenolic OH excluding ortho intramolecular Hbond substituents is 4. The summed E-state index contributed by atoms with van der Waals surface area (Å²) < 4.78 is 11.8. The molecule has 0 aliphatic carbocycles. The van der Waals surface area contributed by atoms with Crippen molar-refractivity contribution in [2.24, 2.45) is 0 Å². The Labute approximate surface area is 182 Å². The van der Waals surface area contributed by atoms with Gasteiger partial charge >= 0.3 is 0 Å². The van der Waals surface area contributed by atoms with Crippen molar-refractivity contribution in [3.63, 3.8) is 0 Å². The lowest BCUT2D eigenvalue weighted by atomic mass is 9.82. The highest BCUT2D eigenvalue weighted by atomic mass is 16.5. The topological polar surface area (TPSA) is 99.4 Å². The molecule has 0 spiro atoms. The van der Waals surface area contributed by atoms with E-state index in [1.54, 1.807) is 24.3 Å². The Morgan fingerprint density at radius 1 is 0.375 bits per heavy atom. The van der Waals surface area contributed by atoms with E-state index in [-0.39, 0.29) is 46.0 Å². The molecule has 4 aromatic rings. The van der Waals surface area contributed by atoms with Crippen LogP contribution in [0.2, 0.25) is 0 Å². The molecule has 6 nitrogen and oxygen atoms in total. The van der Waals surface area contributed by atoms with Gasteiger partial charge in [-0.25, -0.2) is 0 Å². The average Bonchev–Trinajstić information content (AvgIpc) is 2.79. The van der Waals surface area contributed by atoms with E-state index in [1.165, 1.54) is 24.3 Å². The second-order valence-electron chi connectivity index (χ2n) is 7.57. The first kappa shape index (κ1) is 18.2. The average molecular weight is 424 g/mol. The van der Waals surface area contributed by atoms with Gasteiger partial charge in [-0.15, -0.1) is 0 Å². The van der Waals surface area contributed by atoms with Crippen LogP contribution in [-0.4, -0.2) is 20.4 Å². The van der Waals surface area contributed by atoms with Gasteiger partial charge in [0, 0.05) is 33.4 Å². The zero-order valence-electron chi connectivity index (χ0n) is 16.5. The molecular formula is C26H16O6. The molecule has 0 bridgehead atoms. The van der Waals surface area contributed by atoms with Gasteiger partial charge in [0.05, 0.1) is 0 Å². The third kappa shape index (κ3) is 2.40. The van der Waals surface area contributed by atoms with Gasteiger partial charge in [0.25, 0.3) is 0 Å². The van der Waals surface area contributed by atoms with Crippen molar-refractivity contribution in [2.45, 2.75) is 0 Å². The third-order valence-electron chi connectivity index (χ3n) is 5.71. The van der Waals surface area contributed by atoms with E-state index in [1.807, 2.05) is 24.3 Å². The van der Waals surface area contributed by atoms with Crippen LogP contribution in [0.25, 0.3) is 11.1 Å². The minimum absolute atomic E-state index is 0.0752. The van der Waals surface area contributed by atoms with Gasteiger partial charge in [-0.2, -0.15) is 0 Å². The third-order valence-corrected chi connectivity index (χ3v) is 5.71. The minimum atomic E-state index is -0.0752. The summed E-state index contributed by atoms with van der Waals surface area (Å²) in [7, 11) is 0. The molecular weight excluding hydrogens is 408 g/mol. The molecule has 0 radical (unpaired) electrons. The summed E-state index contributed by atoms with van der Waals surface area (Å²) in [5.74, 6) is 0.529. The molecule has 0 unspecified atom stereocenters. The maximum atomic E-state index is 10.5. The molecule has 0 atom stereocenters. The van der Waals surface area contributed by atoms with Crippen LogP contribution >= 0.6 is 0 Å². The quantitative estimate of drug-likeness (QED) is 0.249. The van der Waals surface area contributed by atoms with Crippen LogP contribution in [0.4, 0.5) is 0 Å². The minimum Gasteiger partial charge on any atom is -0.504 e. The molecule has 0 amide bonds. The smallest absolute Gasteiger partial charge is 0.177 e. The number of fused-ring (bicyclic) bond motifs is 4. The number of aromatic hydroxyl groups is 4. The molecule has 6 rings (SSSR count). The molecule has 2 aliphatic rings. The van der Waals surface area contributed by atoms with Crippen molar-refractivity contribution in [2.75, 3.05) is 0 Å². The zero-order valence-corrected chi connectivity index (χ0v) is 16.5. The summed E-state index contributed by atoms with van der Waals surface area (Å²) in [6, 6.07) is 20.1. The summed E-state index contributed by atoms with van der Waals surface area (Å²) in [4.78, 5) is 0. The molecule has 0 fully saturated rings. The van der Waals surface area contributed by atoms with Crippen LogP contribution in [-0.2, 0) is 0 Å². The predicted molar refractivity (Wildman–Crippen MR) is 118 cm³/mol. The van der Waals surface area contributed by atoms with Crippen LogP contribution in [0.5, 0.6) is 46.0 Å². The van der Waals surface area contributed by atoms with E-state index in [4.69, 9.17) is 9.47 Å². The Kier molecular flexibility index (Phi) is 3.67. The van der Waals surface area contributed by atoms with Gasteiger partial charge < -0.3 is 29.9 Å². The molecule has 4 N–H and O–H groups in total. The number of phenols is 4. The first-order chi connectivity index (χ1) is 15.5. The first-order valence-corrected chi connectivity index (χ1v) is 9.94. The maximum absolute atomic E-state index is 10.5. The highest BCUT2D eigenvalue weighted by Crippen LogP contribution is 2.58. The van der Waals surface area contributed by atoms with Crippen LogP contribution < -0.4 is 9.47 Å². The Bertz CT molecular complexity index is 1250. The van der Waals surface area contributed by atoms with Crippen molar-refractivity contribution < 1.29 is 29.9 Å². The van der Waals surface area contributed by atoms with Gasteiger partial charge in [0.1, 0.15) is 0 Å². The van der Waals surface area contributed by atoms with Crippen molar-refractivity contribution >= 4 is 11.1 Å². The summed E-state index contributed by atoms with van der Waals surface area (Å²) in [5.41, 5.74) is 3.73. The van der Waals surface area contributed by atoms with Gasteiger partial charge in [-0.3, -0.25) is 0 Å². The van der Waals surface area contributed by atoms with Crippen LogP contribution in [0.15, 0.2) is 72.8 Å². The van der Waals surface area contributed by atoms with Gasteiger partial charge in [-0.1, -0.05) is 48.5 Å². The Morgan fingerprint density at radius 2 is 0.625 bits per heavy atom. The van der Waals surface area contributed by atoms with Crippen LogP contribution in [0.3, 0.4) is 0 Å². The highest BCUT2D eigenvalue weighted by Gasteiger charge is 2.34. The highest BCUT2D eigenvalue weighted by molar-refractivity contribution is 6.11. The van der Waals surface area contributed by atoms with Crippen LogP contribution in [0.1, 0.15) is 22.3 Å². The number of para-hydroxylation sites is 4. The van der Waals surface area contributed by atoms with Crippen molar-refractivity contribution in [1.29, 1.82) is 0 Å². The van der Waals surface area contributed by atoms with E-state index in [0.717, 1.165) is 0 Å². The lowest BCUT2D eigenvalue weighted by Crippen LogP contribution is -2.09. The fourth-order valence-corrected chi connectivity index (χ4v) is 4.35. The first-order valence-electron chi connectivity index (χ1n) is 9.94. The number of hydrogen-bond acceptors (Lipinski definition) is 6. The maximum Gasteiger partial charge on any atom is 0.177 e. The van der Waals surface area contributed by atoms with Crippen molar-refractivity contribution in [1.82, 2.24) is 0 Å². The van der Waals surface area contributed by atoms with Gasteiger partial charge in [0.15, 0.2) is 46.0 Å². The van der Waals surface area contributed by atoms with E-state index in [0.29, 0.717) is 33.4 Å². The predicted octanol–water partition coefficient (Wildman–Crippen LogP) is 5.73. The van der Waals surface area contributed by atoms with E-state index in [9.17, 15) is 20.4 Å². The summed E-state index contributed by atoms with van der Waals surface area (Å²) in [6.07, 6.45) is 0. The summed E-state index contributed by atoms with van der Waals surface area (Å²) in [6.45, 7) is 0. The molecule has 0 aromatic heterocycles. The van der Waals surface area contributed by atoms with Crippen molar-refractivity contribution in [3.8, 4) is 46.0 Å². The van der Waals surface area contributed by atoms with E-state index >= 15 is 0 Å². The second-order valence-corrected chi connectivity index (χ2v) is 7.57. The Hall–Kier alpha value is -4.58. The van der Waals surface area contributed by atoms with Crippen LogP contribution in [0, 0.1) is 0 Å². The number of ether oxygens (including phenoxy) is 2. The molecule has 0 saturated carbocycles. The fourth-order valence-electron chi connectivity index (χ4n) is 4.35. The number of hydrogen-bond donors (Lipinski definition) is 4. The molecule has 32 heavy (non-hydrogen) atoms. The fraction of sp³-hybridized carbons (Fsp3) is 0. The molecule has 156 valence electrons. The van der Waals surface area contributed by atoms with E-state index < -0.39 is 0 Å². The normalized spacial score (nSPS) is 13.2. The largest absolute Gasteiger partial charge is 0.504 e. The molecule has 0 saturated heterocycles. The summed E-state index contributed by atoms with van der Waals surface area (Å²) in [5, 5.41) is 42.1. The van der Waals surface area contributed by atoms with E-state index in [2.05, 4.69) is 0 Å². The van der Waals surface area contributed by atoms with Gasteiger partial charge in [-0.05, 0) is 24.3 Å². The second kappa shape index (κ2) is 6.46. The lowest BCUT2D eigenvalue weighted by molar-refractivity contribution is 0.379. The Balaban J connectivity index is 1.84.